The number of nitrogens with zero attached hydrogens (tertiary/aromatic N) is 3. The van der Waals surface area contributed by atoms with Crippen LogP contribution in [0.25, 0.3) is 10.2 Å². The highest BCUT2D eigenvalue weighted by Gasteiger charge is 2.24. The lowest BCUT2D eigenvalue weighted by Crippen LogP contribution is -2.46. The van der Waals surface area contributed by atoms with E-state index in [2.05, 4.69) is 10.2 Å². The van der Waals surface area contributed by atoms with Crippen molar-refractivity contribution in [1.29, 1.82) is 0 Å². The molecule has 0 amide bonds. The summed E-state index contributed by atoms with van der Waals surface area (Å²) in [7, 11) is 0. The van der Waals surface area contributed by atoms with E-state index in [1.165, 1.54) is 23.3 Å². The monoisotopic (exact) mass is 318 g/mol. The molecule has 5 nitrogen and oxygen atoms in total. The van der Waals surface area contributed by atoms with Crippen molar-refractivity contribution in [3.8, 4) is 0 Å². The third-order valence-corrected chi connectivity index (χ3v) is 5.96. The molecule has 0 unspecified atom stereocenters. The molecule has 118 valence electrons. The SMILES string of the molecule is CCn1c(N2CCNCC2)nc2sc3c(c2c1=O)CCCC3. The molecule has 1 aliphatic heterocycles. The fourth-order valence-electron chi connectivity index (χ4n) is 3.62. The Hall–Kier alpha value is -1.40. The van der Waals surface area contributed by atoms with Crippen molar-refractivity contribution < 1.29 is 0 Å². The lowest BCUT2D eigenvalue weighted by molar-refractivity contribution is 0.561. The summed E-state index contributed by atoms with van der Waals surface area (Å²) < 4.78 is 1.87. The van der Waals surface area contributed by atoms with Crippen LogP contribution in [0.15, 0.2) is 4.79 Å². The molecule has 1 aliphatic carbocycles. The highest BCUT2D eigenvalue weighted by atomic mass is 32.1. The minimum Gasteiger partial charge on any atom is -0.340 e. The van der Waals surface area contributed by atoms with E-state index in [-0.39, 0.29) is 5.56 Å². The molecule has 0 atom stereocenters. The largest absolute Gasteiger partial charge is 0.340 e. The molecule has 2 aliphatic rings. The van der Waals surface area contributed by atoms with Crippen LogP contribution in [0.4, 0.5) is 5.95 Å². The van der Waals surface area contributed by atoms with Crippen LogP contribution in [-0.4, -0.2) is 35.7 Å². The molecule has 1 fully saturated rings. The normalized spacial score (nSPS) is 18.7. The first-order chi connectivity index (χ1) is 10.8. The smallest absolute Gasteiger partial charge is 0.263 e. The number of thiophene rings is 1. The Labute approximate surface area is 134 Å². The third-order valence-electron chi connectivity index (χ3n) is 4.77. The van der Waals surface area contributed by atoms with E-state index in [0.717, 1.165) is 55.2 Å². The lowest BCUT2D eigenvalue weighted by atomic mass is 9.97. The Morgan fingerprint density at radius 3 is 2.77 bits per heavy atom. The van der Waals surface area contributed by atoms with E-state index in [4.69, 9.17) is 4.98 Å². The molecule has 0 saturated carbocycles. The second kappa shape index (κ2) is 5.66. The van der Waals surface area contributed by atoms with Crippen LogP contribution >= 0.6 is 11.3 Å². The van der Waals surface area contributed by atoms with Gasteiger partial charge in [0.15, 0.2) is 0 Å². The lowest BCUT2D eigenvalue weighted by Gasteiger charge is -2.30. The minimum absolute atomic E-state index is 0.167. The second-order valence-corrected chi connectivity index (χ2v) is 7.17. The number of hydrogen-bond acceptors (Lipinski definition) is 5. The molecule has 0 spiro atoms. The number of hydrogen-bond donors (Lipinski definition) is 1. The number of anilines is 1. The second-order valence-electron chi connectivity index (χ2n) is 6.09. The van der Waals surface area contributed by atoms with Gasteiger partial charge in [-0.1, -0.05) is 0 Å². The van der Waals surface area contributed by atoms with E-state index in [1.807, 2.05) is 11.5 Å². The summed E-state index contributed by atoms with van der Waals surface area (Å²) >= 11 is 1.74. The average molecular weight is 318 g/mol. The van der Waals surface area contributed by atoms with Crippen LogP contribution in [0.5, 0.6) is 0 Å². The van der Waals surface area contributed by atoms with Crippen molar-refractivity contribution in [2.24, 2.45) is 0 Å². The van der Waals surface area contributed by atoms with Crippen LogP contribution in [0.2, 0.25) is 0 Å². The molecule has 2 aromatic rings. The van der Waals surface area contributed by atoms with Gasteiger partial charge in [0.1, 0.15) is 4.83 Å². The summed E-state index contributed by atoms with van der Waals surface area (Å²) in [5.74, 6) is 0.861. The van der Waals surface area contributed by atoms with Gasteiger partial charge in [0.05, 0.1) is 5.39 Å². The van der Waals surface area contributed by atoms with E-state index in [9.17, 15) is 4.79 Å². The number of piperazine rings is 1. The molecule has 6 heteroatoms. The molecule has 0 radical (unpaired) electrons. The van der Waals surface area contributed by atoms with E-state index >= 15 is 0 Å². The number of nitrogens with one attached hydrogen (secondary N) is 1. The van der Waals surface area contributed by atoms with E-state index in [1.54, 1.807) is 11.3 Å². The Bertz CT molecular complexity index is 758. The summed E-state index contributed by atoms with van der Waals surface area (Å²) in [5, 5.41) is 4.26. The summed E-state index contributed by atoms with van der Waals surface area (Å²) in [6, 6.07) is 0. The van der Waals surface area contributed by atoms with Crippen LogP contribution in [0.1, 0.15) is 30.2 Å². The molecular weight excluding hydrogens is 296 g/mol. The van der Waals surface area contributed by atoms with Gasteiger partial charge in [-0.3, -0.25) is 9.36 Å². The van der Waals surface area contributed by atoms with Crippen molar-refractivity contribution in [2.45, 2.75) is 39.2 Å². The van der Waals surface area contributed by atoms with Gasteiger partial charge in [-0.05, 0) is 38.2 Å². The minimum atomic E-state index is 0.167. The van der Waals surface area contributed by atoms with E-state index < -0.39 is 0 Å². The number of rotatable bonds is 2. The molecule has 4 rings (SSSR count). The Morgan fingerprint density at radius 2 is 2.00 bits per heavy atom. The number of aromatic nitrogens is 2. The summed E-state index contributed by atoms with van der Waals surface area (Å²) in [6.45, 7) is 6.48. The Kier molecular flexibility index (Phi) is 3.66. The molecule has 3 heterocycles. The number of fused-ring (bicyclic) bond motifs is 3. The predicted molar refractivity (Wildman–Crippen MR) is 91.3 cm³/mol. The molecule has 1 saturated heterocycles. The molecule has 0 aromatic carbocycles. The predicted octanol–water partition coefficient (Wildman–Crippen LogP) is 1.77. The van der Waals surface area contributed by atoms with E-state index in [0.29, 0.717) is 6.54 Å². The van der Waals surface area contributed by atoms with Gasteiger partial charge in [-0.15, -0.1) is 11.3 Å². The first kappa shape index (κ1) is 14.2. The Morgan fingerprint density at radius 1 is 1.23 bits per heavy atom. The highest BCUT2D eigenvalue weighted by Crippen LogP contribution is 2.34. The molecule has 22 heavy (non-hydrogen) atoms. The highest BCUT2D eigenvalue weighted by molar-refractivity contribution is 7.18. The van der Waals surface area contributed by atoms with Crippen molar-refractivity contribution in [2.75, 3.05) is 31.1 Å². The number of aryl methyl sites for hydroxylation is 2. The molecule has 0 bridgehead atoms. The zero-order valence-electron chi connectivity index (χ0n) is 13.0. The van der Waals surface area contributed by atoms with Crippen LogP contribution in [0.3, 0.4) is 0 Å². The van der Waals surface area contributed by atoms with Crippen molar-refractivity contribution >= 4 is 27.5 Å². The average Bonchev–Trinajstić information content (AvgIpc) is 2.94. The van der Waals surface area contributed by atoms with Crippen molar-refractivity contribution in [1.82, 2.24) is 14.9 Å². The molecule has 2 aromatic heterocycles. The van der Waals surface area contributed by atoms with Gasteiger partial charge in [0.2, 0.25) is 5.95 Å². The van der Waals surface area contributed by atoms with Crippen LogP contribution in [-0.2, 0) is 19.4 Å². The summed E-state index contributed by atoms with van der Waals surface area (Å²) in [6.07, 6.45) is 4.60. The zero-order valence-corrected chi connectivity index (χ0v) is 13.8. The van der Waals surface area contributed by atoms with Gasteiger partial charge >= 0.3 is 0 Å². The van der Waals surface area contributed by atoms with Crippen LogP contribution in [0, 0.1) is 0 Å². The first-order valence-electron chi connectivity index (χ1n) is 8.30. The molecular formula is C16H22N4OS. The first-order valence-corrected chi connectivity index (χ1v) is 9.12. The maximum Gasteiger partial charge on any atom is 0.263 e. The quantitative estimate of drug-likeness (QED) is 0.917. The van der Waals surface area contributed by atoms with Gasteiger partial charge in [-0.2, -0.15) is 0 Å². The van der Waals surface area contributed by atoms with Crippen LogP contribution < -0.4 is 15.8 Å². The third kappa shape index (κ3) is 2.16. The topological polar surface area (TPSA) is 50.2 Å². The molecule has 1 N–H and O–H groups in total. The zero-order chi connectivity index (χ0) is 15.1. The maximum atomic E-state index is 13.0. The summed E-state index contributed by atoms with van der Waals surface area (Å²) in [5.41, 5.74) is 1.46. The van der Waals surface area contributed by atoms with Crippen molar-refractivity contribution in [3.05, 3.63) is 20.8 Å². The Balaban J connectivity index is 1.92. The van der Waals surface area contributed by atoms with Gasteiger partial charge in [0, 0.05) is 37.6 Å². The van der Waals surface area contributed by atoms with Crippen molar-refractivity contribution in [3.63, 3.8) is 0 Å². The van der Waals surface area contributed by atoms with Gasteiger partial charge in [0.25, 0.3) is 5.56 Å². The fraction of sp³-hybridized carbons (Fsp3) is 0.625. The summed E-state index contributed by atoms with van der Waals surface area (Å²) in [4.78, 5) is 22.6. The maximum absolute atomic E-state index is 13.0. The fourth-order valence-corrected chi connectivity index (χ4v) is 4.87. The van der Waals surface area contributed by atoms with Gasteiger partial charge in [-0.25, -0.2) is 4.98 Å². The van der Waals surface area contributed by atoms with Gasteiger partial charge < -0.3 is 10.2 Å². The standard InChI is InChI=1S/C16H22N4OS/c1-2-20-15(21)13-11-5-3-4-6-12(11)22-14(13)18-16(20)19-9-7-17-8-10-19/h17H,2-10H2,1H3.